The lowest BCUT2D eigenvalue weighted by molar-refractivity contribution is -0.138. The number of amides is 1. The lowest BCUT2D eigenvalue weighted by Gasteiger charge is -2.38. The van der Waals surface area contributed by atoms with Gasteiger partial charge < -0.3 is 10.0 Å². The highest BCUT2D eigenvalue weighted by atomic mass is 32.2. The number of aliphatic carboxylic acids is 1. The van der Waals surface area contributed by atoms with Gasteiger partial charge in [-0.3, -0.25) is 9.59 Å². The fourth-order valence-electron chi connectivity index (χ4n) is 1.96. The number of carboxylic acid groups (broad SMARTS) is 1. The normalized spacial score (nSPS) is 17.1. The molecule has 0 aliphatic carbocycles. The summed E-state index contributed by atoms with van der Waals surface area (Å²) in [6.07, 6.45) is 0. The minimum absolute atomic E-state index is 0.0649. The van der Waals surface area contributed by atoms with Gasteiger partial charge >= 0.3 is 5.97 Å². The van der Waals surface area contributed by atoms with Crippen LogP contribution < -0.4 is 4.72 Å². The summed E-state index contributed by atoms with van der Waals surface area (Å²) in [6.45, 7) is 1.39. The highest BCUT2D eigenvalue weighted by Gasteiger charge is 2.40. The van der Waals surface area contributed by atoms with Gasteiger partial charge in [-0.25, -0.2) is 13.1 Å². The number of rotatable bonds is 5. The molecule has 21 heavy (non-hydrogen) atoms. The van der Waals surface area contributed by atoms with E-state index in [4.69, 9.17) is 5.11 Å². The molecule has 1 heterocycles. The van der Waals surface area contributed by atoms with Crippen LogP contribution in [0.25, 0.3) is 0 Å². The molecule has 1 amide bonds. The van der Waals surface area contributed by atoms with Crippen LogP contribution in [0.1, 0.15) is 17.3 Å². The van der Waals surface area contributed by atoms with E-state index in [1.54, 1.807) is 30.3 Å². The van der Waals surface area contributed by atoms with E-state index in [-0.39, 0.29) is 19.0 Å². The maximum Gasteiger partial charge on any atom is 0.321 e. The summed E-state index contributed by atoms with van der Waals surface area (Å²) >= 11 is 0. The fraction of sp³-hybridized carbons (Fsp3) is 0.385. The largest absolute Gasteiger partial charge is 0.480 e. The average Bonchev–Trinajstić information content (AvgIpc) is 2.36. The van der Waals surface area contributed by atoms with E-state index in [0.717, 1.165) is 0 Å². The number of carbonyl (C=O) groups is 2. The van der Waals surface area contributed by atoms with Crippen molar-refractivity contribution in [2.75, 3.05) is 13.1 Å². The molecule has 0 aromatic heterocycles. The van der Waals surface area contributed by atoms with Gasteiger partial charge in [0.2, 0.25) is 10.0 Å². The third-order valence-electron chi connectivity index (χ3n) is 3.31. The van der Waals surface area contributed by atoms with Gasteiger partial charge in [-0.15, -0.1) is 0 Å². The summed E-state index contributed by atoms with van der Waals surface area (Å²) in [6, 6.07) is 7.39. The highest BCUT2D eigenvalue weighted by Crippen LogP contribution is 2.18. The number of hydrogen-bond acceptors (Lipinski definition) is 4. The zero-order valence-electron chi connectivity index (χ0n) is 11.4. The van der Waals surface area contributed by atoms with Crippen molar-refractivity contribution in [2.24, 2.45) is 0 Å². The van der Waals surface area contributed by atoms with Crippen LogP contribution in [-0.4, -0.2) is 54.7 Å². The van der Waals surface area contributed by atoms with E-state index in [1.165, 1.54) is 11.8 Å². The highest BCUT2D eigenvalue weighted by molar-refractivity contribution is 7.90. The van der Waals surface area contributed by atoms with Gasteiger partial charge in [0, 0.05) is 18.7 Å². The fourth-order valence-corrected chi connectivity index (χ4v) is 3.50. The topological polar surface area (TPSA) is 104 Å². The van der Waals surface area contributed by atoms with Crippen LogP contribution in [0.15, 0.2) is 30.3 Å². The first-order valence-corrected chi connectivity index (χ1v) is 7.94. The van der Waals surface area contributed by atoms with E-state index in [9.17, 15) is 18.0 Å². The molecule has 0 radical (unpaired) electrons. The number of carboxylic acids is 1. The zero-order valence-corrected chi connectivity index (χ0v) is 12.2. The second-order valence-electron chi connectivity index (χ2n) is 4.92. The van der Waals surface area contributed by atoms with Gasteiger partial charge in [0.15, 0.2) is 0 Å². The van der Waals surface area contributed by atoms with Gasteiger partial charge in [-0.1, -0.05) is 18.2 Å². The second kappa shape index (κ2) is 5.82. The molecule has 2 rings (SSSR count). The Hall–Kier alpha value is -1.93. The molecule has 0 bridgehead atoms. The van der Waals surface area contributed by atoms with Crippen molar-refractivity contribution < 1.29 is 23.1 Å². The van der Waals surface area contributed by atoms with Crippen molar-refractivity contribution in [1.29, 1.82) is 0 Å². The molecule has 0 unspecified atom stereocenters. The minimum atomic E-state index is -3.74. The Kier molecular flexibility index (Phi) is 4.29. The number of nitrogens with zero attached hydrogens (tertiary/aromatic N) is 1. The minimum Gasteiger partial charge on any atom is -0.480 e. The molecule has 8 heteroatoms. The number of benzene rings is 1. The van der Waals surface area contributed by atoms with Crippen LogP contribution in [0.4, 0.5) is 0 Å². The predicted molar refractivity (Wildman–Crippen MR) is 75.3 cm³/mol. The molecule has 0 spiro atoms. The zero-order chi connectivity index (χ0) is 15.6. The van der Waals surface area contributed by atoms with Crippen molar-refractivity contribution in [2.45, 2.75) is 18.2 Å². The summed E-state index contributed by atoms with van der Waals surface area (Å²) in [5.41, 5.74) is 0.500. The predicted octanol–water partition coefficient (Wildman–Crippen LogP) is -0.0965. The van der Waals surface area contributed by atoms with E-state index < -0.39 is 27.3 Å². The van der Waals surface area contributed by atoms with E-state index in [1.807, 2.05) is 0 Å². The third-order valence-corrected chi connectivity index (χ3v) is 5.16. The van der Waals surface area contributed by atoms with Crippen LogP contribution in [0.5, 0.6) is 0 Å². The summed E-state index contributed by atoms with van der Waals surface area (Å²) in [4.78, 5) is 24.1. The molecular formula is C13H16N2O5S. The van der Waals surface area contributed by atoms with Gasteiger partial charge in [0.25, 0.3) is 5.91 Å². The Morgan fingerprint density at radius 2 is 1.86 bits per heavy atom. The third kappa shape index (κ3) is 3.40. The summed E-state index contributed by atoms with van der Waals surface area (Å²) in [5, 5.41) is 7.94. The number of sulfonamides is 1. The Morgan fingerprint density at radius 1 is 1.29 bits per heavy atom. The molecule has 1 aromatic carbocycles. The van der Waals surface area contributed by atoms with Crippen molar-refractivity contribution >= 4 is 21.9 Å². The van der Waals surface area contributed by atoms with E-state index in [0.29, 0.717) is 5.56 Å². The first-order chi connectivity index (χ1) is 9.81. The maximum atomic E-state index is 12.0. The lowest BCUT2D eigenvalue weighted by atomic mass is 10.1. The average molecular weight is 312 g/mol. The standard InChI is InChI=1S/C13H16N2O5S/c1-9(13(17)18)14-21(19,20)11-7-15(8-11)12(16)10-5-3-2-4-6-10/h2-6,9,11,14H,7-8H2,1H3,(H,17,18)/t9-/m1/s1. The van der Waals surface area contributed by atoms with E-state index in [2.05, 4.69) is 4.72 Å². The number of carbonyl (C=O) groups excluding carboxylic acids is 1. The van der Waals surface area contributed by atoms with Crippen LogP contribution in [-0.2, 0) is 14.8 Å². The number of likely N-dealkylation sites (tertiary alicyclic amines) is 1. The van der Waals surface area contributed by atoms with Gasteiger partial charge in [0.05, 0.1) is 0 Å². The van der Waals surface area contributed by atoms with Crippen LogP contribution in [0.2, 0.25) is 0 Å². The molecule has 2 N–H and O–H groups in total. The Bertz CT molecular complexity index is 638. The molecule has 1 aliphatic heterocycles. The van der Waals surface area contributed by atoms with E-state index >= 15 is 0 Å². The summed E-state index contributed by atoms with van der Waals surface area (Å²) in [5.74, 6) is -1.47. The molecule has 1 aromatic rings. The quantitative estimate of drug-likeness (QED) is 0.790. The molecular weight excluding hydrogens is 296 g/mol. The smallest absolute Gasteiger partial charge is 0.321 e. The van der Waals surface area contributed by atoms with Gasteiger partial charge in [-0.2, -0.15) is 0 Å². The van der Waals surface area contributed by atoms with Gasteiger partial charge in [-0.05, 0) is 19.1 Å². The Balaban J connectivity index is 1.94. The lowest BCUT2D eigenvalue weighted by Crippen LogP contribution is -2.60. The molecule has 1 aliphatic rings. The molecule has 0 saturated carbocycles. The molecule has 1 fully saturated rings. The molecule has 1 saturated heterocycles. The van der Waals surface area contributed by atoms with Crippen molar-refractivity contribution in [3.63, 3.8) is 0 Å². The first kappa shape index (κ1) is 15.5. The van der Waals surface area contributed by atoms with Crippen molar-refractivity contribution in [3.8, 4) is 0 Å². The SMILES string of the molecule is C[C@@H](NS(=O)(=O)C1CN(C(=O)c2ccccc2)C1)C(=O)O. The Morgan fingerprint density at radius 3 is 2.38 bits per heavy atom. The maximum absolute atomic E-state index is 12.0. The molecule has 1 atom stereocenters. The summed E-state index contributed by atoms with van der Waals surface area (Å²) in [7, 11) is -3.74. The summed E-state index contributed by atoms with van der Waals surface area (Å²) < 4.78 is 25.9. The van der Waals surface area contributed by atoms with Crippen molar-refractivity contribution in [3.05, 3.63) is 35.9 Å². The molecule has 7 nitrogen and oxygen atoms in total. The second-order valence-corrected chi connectivity index (χ2v) is 6.91. The first-order valence-electron chi connectivity index (χ1n) is 6.39. The number of nitrogens with one attached hydrogen (secondary N) is 1. The monoisotopic (exact) mass is 312 g/mol. The van der Waals surface area contributed by atoms with Crippen LogP contribution >= 0.6 is 0 Å². The van der Waals surface area contributed by atoms with Crippen molar-refractivity contribution in [1.82, 2.24) is 9.62 Å². The van der Waals surface area contributed by atoms with Crippen LogP contribution in [0, 0.1) is 0 Å². The number of hydrogen-bond donors (Lipinski definition) is 2. The van der Waals surface area contributed by atoms with Crippen LogP contribution in [0.3, 0.4) is 0 Å². The molecule has 114 valence electrons. The Labute approximate surface area is 122 Å². The van der Waals surface area contributed by atoms with Gasteiger partial charge in [0.1, 0.15) is 11.3 Å².